The van der Waals surface area contributed by atoms with Crippen LogP contribution in [0.5, 0.6) is 5.88 Å². The Morgan fingerprint density at radius 2 is 2.41 bits per heavy atom. The molecule has 1 N–H and O–H groups in total. The van der Waals surface area contributed by atoms with E-state index in [9.17, 15) is 0 Å². The highest BCUT2D eigenvalue weighted by Gasteiger charge is 2.13. The molecule has 0 spiro atoms. The van der Waals surface area contributed by atoms with Gasteiger partial charge in [0.1, 0.15) is 0 Å². The Hall–Kier alpha value is -1.13. The van der Waals surface area contributed by atoms with Gasteiger partial charge in [0.2, 0.25) is 5.88 Å². The quantitative estimate of drug-likeness (QED) is 0.762. The minimum Gasteiger partial charge on any atom is -0.481 e. The molecule has 94 valence electrons. The molecule has 0 aliphatic carbocycles. The van der Waals surface area contributed by atoms with Crippen LogP contribution in [0, 0.1) is 5.92 Å². The summed E-state index contributed by atoms with van der Waals surface area (Å²) in [5, 5.41) is 3.36. The molecule has 0 amide bonds. The van der Waals surface area contributed by atoms with E-state index in [1.165, 1.54) is 6.42 Å². The molecule has 1 unspecified atom stereocenters. The first kappa shape index (κ1) is 12.3. The molecule has 0 saturated carbocycles. The molecule has 1 aliphatic heterocycles. The summed E-state index contributed by atoms with van der Waals surface area (Å²) in [4.78, 5) is 4.30. The minimum absolute atomic E-state index is 0.567. The molecule has 2 heterocycles. The zero-order valence-corrected chi connectivity index (χ0v) is 10.3. The highest BCUT2D eigenvalue weighted by molar-refractivity contribution is 5.14. The van der Waals surface area contributed by atoms with Crippen molar-refractivity contribution in [3.8, 4) is 5.88 Å². The van der Waals surface area contributed by atoms with Crippen molar-refractivity contribution in [2.45, 2.75) is 19.4 Å². The van der Waals surface area contributed by atoms with Gasteiger partial charge in [-0.3, -0.25) is 0 Å². The lowest BCUT2D eigenvalue weighted by atomic mass is 10.1. The third kappa shape index (κ3) is 3.98. The van der Waals surface area contributed by atoms with E-state index < -0.39 is 0 Å². The van der Waals surface area contributed by atoms with Crippen LogP contribution >= 0.6 is 0 Å². The van der Waals surface area contributed by atoms with Gasteiger partial charge in [-0.2, -0.15) is 0 Å². The standard InChI is InChI=1S/C13H20N2O2/c1-16-13-4-2-3-12(15-13)10-17-8-6-11-5-7-14-9-11/h2-4,11,14H,5-10H2,1H3. The van der Waals surface area contributed by atoms with E-state index >= 15 is 0 Å². The summed E-state index contributed by atoms with van der Waals surface area (Å²) in [6, 6.07) is 5.73. The van der Waals surface area contributed by atoms with Crippen molar-refractivity contribution in [2.24, 2.45) is 5.92 Å². The van der Waals surface area contributed by atoms with Gasteiger partial charge in [0.15, 0.2) is 0 Å². The maximum atomic E-state index is 5.64. The fourth-order valence-corrected chi connectivity index (χ4v) is 2.04. The predicted molar refractivity (Wildman–Crippen MR) is 66.0 cm³/mol. The van der Waals surface area contributed by atoms with E-state index in [4.69, 9.17) is 9.47 Å². The van der Waals surface area contributed by atoms with Crippen LogP contribution in [-0.4, -0.2) is 31.8 Å². The van der Waals surface area contributed by atoms with E-state index in [2.05, 4.69) is 10.3 Å². The third-order valence-electron chi connectivity index (χ3n) is 3.07. The fourth-order valence-electron chi connectivity index (χ4n) is 2.04. The lowest BCUT2D eigenvalue weighted by Gasteiger charge is -2.08. The Morgan fingerprint density at radius 3 is 3.18 bits per heavy atom. The van der Waals surface area contributed by atoms with Gasteiger partial charge >= 0.3 is 0 Å². The normalized spacial score (nSPS) is 19.5. The molecule has 0 bridgehead atoms. The molecule has 1 aliphatic rings. The van der Waals surface area contributed by atoms with Crippen LogP contribution < -0.4 is 10.1 Å². The number of nitrogens with one attached hydrogen (secondary N) is 1. The number of methoxy groups -OCH3 is 1. The number of hydrogen-bond acceptors (Lipinski definition) is 4. The number of nitrogens with zero attached hydrogens (tertiary/aromatic N) is 1. The number of pyridine rings is 1. The van der Waals surface area contributed by atoms with Gasteiger partial charge in [-0.1, -0.05) is 6.07 Å². The molecular formula is C13H20N2O2. The molecule has 0 aromatic carbocycles. The Labute approximate surface area is 102 Å². The van der Waals surface area contributed by atoms with Gasteiger partial charge < -0.3 is 14.8 Å². The molecule has 1 aromatic heterocycles. The smallest absolute Gasteiger partial charge is 0.213 e. The molecular weight excluding hydrogens is 216 g/mol. The van der Waals surface area contributed by atoms with Crippen molar-refractivity contribution in [1.82, 2.24) is 10.3 Å². The molecule has 1 saturated heterocycles. The molecule has 1 aromatic rings. The van der Waals surface area contributed by atoms with Crippen LogP contribution in [0.25, 0.3) is 0 Å². The van der Waals surface area contributed by atoms with Crippen molar-refractivity contribution in [2.75, 3.05) is 26.8 Å². The van der Waals surface area contributed by atoms with Crippen molar-refractivity contribution in [3.63, 3.8) is 0 Å². The summed E-state index contributed by atoms with van der Waals surface area (Å²) in [7, 11) is 1.63. The van der Waals surface area contributed by atoms with Crippen molar-refractivity contribution < 1.29 is 9.47 Å². The third-order valence-corrected chi connectivity index (χ3v) is 3.07. The largest absolute Gasteiger partial charge is 0.481 e. The zero-order chi connectivity index (χ0) is 11.9. The maximum Gasteiger partial charge on any atom is 0.213 e. The summed E-state index contributed by atoms with van der Waals surface area (Å²) in [6.45, 7) is 3.67. The van der Waals surface area contributed by atoms with Gasteiger partial charge in [-0.05, 0) is 37.9 Å². The topological polar surface area (TPSA) is 43.4 Å². The van der Waals surface area contributed by atoms with Gasteiger partial charge in [0.05, 0.1) is 19.4 Å². The molecule has 4 nitrogen and oxygen atoms in total. The van der Waals surface area contributed by atoms with E-state index in [1.54, 1.807) is 7.11 Å². The van der Waals surface area contributed by atoms with Crippen LogP contribution in [0.15, 0.2) is 18.2 Å². The molecule has 17 heavy (non-hydrogen) atoms. The van der Waals surface area contributed by atoms with Gasteiger partial charge in [0.25, 0.3) is 0 Å². The van der Waals surface area contributed by atoms with Crippen molar-refractivity contribution in [3.05, 3.63) is 23.9 Å². The molecule has 1 fully saturated rings. The summed E-state index contributed by atoms with van der Waals surface area (Å²) < 4.78 is 10.7. The average molecular weight is 236 g/mol. The molecule has 1 atom stereocenters. The SMILES string of the molecule is COc1cccc(COCCC2CCNC2)n1. The summed E-state index contributed by atoms with van der Waals surface area (Å²) in [6.07, 6.45) is 2.41. The molecule has 0 radical (unpaired) electrons. The minimum atomic E-state index is 0.567. The summed E-state index contributed by atoms with van der Waals surface area (Å²) in [5.74, 6) is 1.43. The lowest BCUT2D eigenvalue weighted by Crippen LogP contribution is -2.11. The first-order valence-electron chi connectivity index (χ1n) is 6.17. The second-order valence-electron chi connectivity index (χ2n) is 4.37. The Bertz CT molecular complexity index is 338. The van der Waals surface area contributed by atoms with Crippen LogP contribution in [0.1, 0.15) is 18.5 Å². The van der Waals surface area contributed by atoms with Gasteiger partial charge in [-0.15, -0.1) is 0 Å². The average Bonchev–Trinajstić information content (AvgIpc) is 2.88. The van der Waals surface area contributed by atoms with E-state index in [0.717, 1.165) is 37.7 Å². The first-order chi connectivity index (χ1) is 8.38. The van der Waals surface area contributed by atoms with Crippen LogP contribution in [0.4, 0.5) is 0 Å². The number of ether oxygens (including phenoxy) is 2. The number of hydrogen-bond donors (Lipinski definition) is 1. The maximum absolute atomic E-state index is 5.64. The Morgan fingerprint density at radius 1 is 1.47 bits per heavy atom. The van der Waals surface area contributed by atoms with Crippen LogP contribution in [0.2, 0.25) is 0 Å². The molecule has 4 heteroatoms. The van der Waals surface area contributed by atoms with Gasteiger partial charge in [0, 0.05) is 12.7 Å². The van der Waals surface area contributed by atoms with Crippen molar-refractivity contribution in [1.29, 1.82) is 0 Å². The summed E-state index contributed by atoms with van der Waals surface area (Å²) in [5.41, 5.74) is 0.925. The Balaban J connectivity index is 1.66. The first-order valence-corrected chi connectivity index (χ1v) is 6.17. The van der Waals surface area contributed by atoms with Crippen LogP contribution in [-0.2, 0) is 11.3 Å². The second-order valence-corrected chi connectivity index (χ2v) is 4.37. The summed E-state index contributed by atoms with van der Waals surface area (Å²) >= 11 is 0. The zero-order valence-electron chi connectivity index (χ0n) is 10.3. The Kier molecular flexibility index (Phi) is 4.76. The van der Waals surface area contributed by atoms with Gasteiger partial charge in [-0.25, -0.2) is 4.98 Å². The number of aromatic nitrogens is 1. The fraction of sp³-hybridized carbons (Fsp3) is 0.615. The monoisotopic (exact) mass is 236 g/mol. The van der Waals surface area contributed by atoms with E-state index in [-0.39, 0.29) is 0 Å². The van der Waals surface area contributed by atoms with E-state index in [1.807, 2.05) is 18.2 Å². The number of rotatable bonds is 6. The highest BCUT2D eigenvalue weighted by Crippen LogP contribution is 2.12. The molecule has 2 rings (SSSR count). The predicted octanol–water partition coefficient (Wildman–Crippen LogP) is 1.61. The second kappa shape index (κ2) is 6.57. The van der Waals surface area contributed by atoms with E-state index in [0.29, 0.717) is 12.5 Å². The van der Waals surface area contributed by atoms with Crippen LogP contribution in [0.3, 0.4) is 0 Å². The van der Waals surface area contributed by atoms with Crippen molar-refractivity contribution >= 4 is 0 Å². The lowest BCUT2D eigenvalue weighted by molar-refractivity contribution is 0.106. The highest BCUT2D eigenvalue weighted by atomic mass is 16.5.